The van der Waals surface area contributed by atoms with E-state index in [1.807, 2.05) is 6.08 Å². The van der Waals surface area contributed by atoms with Crippen LogP contribution in [0.25, 0.3) is 11.4 Å². The number of aliphatic imine (C=N–C) groups is 1. The molecule has 1 aliphatic heterocycles. The molecule has 0 spiro atoms. The summed E-state index contributed by atoms with van der Waals surface area (Å²) in [5.41, 5.74) is 1.47. The Morgan fingerprint density at radius 1 is 1.37 bits per heavy atom. The first-order chi connectivity index (χ1) is 14.5. The van der Waals surface area contributed by atoms with Crippen molar-refractivity contribution in [3.05, 3.63) is 52.1 Å². The maximum absolute atomic E-state index is 12.9. The Bertz CT molecular complexity index is 1030. The molecule has 1 aliphatic carbocycles. The second-order valence-corrected chi connectivity index (χ2v) is 7.59. The fourth-order valence-corrected chi connectivity index (χ4v) is 3.50. The van der Waals surface area contributed by atoms with E-state index in [0.29, 0.717) is 30.0 Å². The van der Waals surface area contributed by atoms with Gasteiger partial charge < -0.3 is 14.8 Å². The lowest BCUT2D eigenvalue weighted by atomic mass is 10.0. The summed E-state index contributed by atoms with van der Waals surface area (Å²) in [6.07, 6.45) is 9.53. The third kappa shape index (κ3) is 4.12. The Morgan fingerprint density at radius 3 is 2.87 bits per heavy atom. The number of amides is 1. The standard InChI is InChI=1S/C21H25N5O4/c1-29-10-8-21(6-7-21)25-19(27)15-3-4-17(23-12-15)26-20(28)16(13-24-26)14-5-9-22-18(11-14)30-2/h3-5,9,12-13,18,24H,6-8,10-11H2,1-2H3,(H,25,27). The summed E-state index contributed by atoms with van der Waals surface area (Å²) in [5.74, 6) is 0.246. The number of rotatable bonds is 8. The van der Waals surface area contributed by atoms with Crippen molar-refractivity contribution in [2.45, 2.75) is 37.5 Å². The van der Waals surface area contributed by atoms with Crippen molar-refractivity contribution in [1.29, 1.82) is 0 Å². The van der Waals surface area contributed by atoms with Gasteiger partial charge in [0.25, 0.3) is 11.5 Å². The zero-order chi connectivity index (χ0) is 21.1. The lowest BCUT2D eigenvalue weighted by Gasteiger charge is -2.16. The van der Waals surface area contributed by atoms with Crippen molar-refractivity contribution < 1.29 is 14.3 Å². The van der Waals surface area contributed by atoms with E-state index in [4.69, 9.17) is 9.47 Å². The lowest BCUT2D eigenvalue weighted by Crippen LogP contribution is -2.37. The minimum atomic E-state index is -0.290. The molecule has 0 aromatic carbocycles. The largest absolute Gasteiger partial charge is 0.385 e. The summed E-state index contributed by atoms with van der Waals surface area (Å²) in [4.78, 5) is 33.9. The monoisotopic (exact) mass is 411 g/mol. The molecule has 30 heavy (non-hydrogen) atoms. The van der Waals surface area contributed by atoms with Gasteiger partial charge in [-0.15, -0.1) is 0 Å². The van der Waals surface area contributed by atoms with Gasteiger partial charge in [0, 0.05) is 51.4 Å². The Labute approximate surface area is 173 Å². The van der Waals surface area contributed by atoms with E-state index in [1.165, 1.54) is 10.9 Å². The molecular weight excluding hydrogens is 386 g/mol. The molecule has 9 heteroatoms. The molecule has 0 bridgehead atoms. The van der Waals surface area contributed by atoms with E-state index in [1.54, 1.807) is 38.8 Å². The molecule has 2 aromatic rings. The average molecular weight is 411 g/mol. The maximum atomic E-state index is 12.9. The highest BCUT2D eigenvalue weighted by molar-refractivity contribution is 5.94. The highest BCUT2D eigenvalue weighted by Gasteiger charge is 2.43. The first kappa shape index (κ1) is 20.2. The topological polar surface area (TPSA) is 111 Å². The van der Waals surface area contributed by atoms with Crippen LogP contribution in [0.5, 0.6) is 0 Å². The van der Waals surface area contributed by atoms with Crippen molar-refractivity contribution >= 4 is 17.7 Å². The summed E-state index contributed by atoms with van der Waals surface area (Å²) >= 11 is 0. The number of pyridine rings is 1. The van der Waals surface area contributed by atoms with Gasteiger partial charge in [-0.3, -0.25) is 19.7 Å². The van der Waals surface area contributed by atoms with Crippen LogP contribution in [0.3, 0.4) is 0 Å². The molecule has 1 saturated carbocycles. The van der Waals surface area contributed by atoms with Gasteiger partial charge in [-0.05, 0) is 43.0 Å². The Balaban J connectivity index is 1.48. The van der Waals surface area contributed by atoms with Gasteiger partial charge in [0.1, 0.15) is 0 Å². The number of allylic oxidation sites excluding steroid dienone is 1. The Hall–Kier alpha value is -3.04. The zero-order valence-electron chi connectivity index (χ0n) is 17.1. The number of carbonyl (C=O) groups is 1. The van der Waals surface area contributed by atoms with Crippen molar-refractivity contribution in [1.82, 2.24) is 20.1 Å². The summed E-state index contributed by atoms with van der Waals surface area (Å²) in [7, 11) is 3.24. The van der Waals surface area contributed by atoms with E-state index in [0.717, 1.165) is 24.8 Å². The van der Waals surface area contributed by atoms with Gasteiger partial charge in [0.05, 0.1) is 11.1 Å². The number of methoxy groups -OCH3 is 2. The number of hydrogen-bond acceptors (Lipinski definition) is 6. The minimum absolute atomic E-state index is 0.159. The molecule has 0 radical (unpaired) electrons. The summed E-state index contributed by atoms with van der Waals surface area (Å²) < 4.78 is 11.7. The van der Waals surface area contributed by atoms with Crippen LogP contribution in [0.1, 0.15) is 41.6 Å². The highest BCUT2D eigenvalue weighted by atomic mass is 16.5. The molecule has 2 aromatic heterocycles. The van der Waals surface area contributed by atoms with Crippen LogP contribution in [0.15, 0.2) is 40.4 Å². The maximum Gasteiger partial charge on any atom is 0.280 e. The van der Waals surface area contributed by atoms with Gasteiger partial charge in [-0.1, -0.05) is 0 Å². The number of ether oxygens (including phenoxy) is 2. The fraction of sp³-hybridized carbons (Fsp3) is 0.429. The molecule has 158 valence electrons. The molecule has 2 N–H and O–H groups in total. The number of nitrogens with zero attached hydrogens (tertiary/aromatic N) is 3. The lowest BCUT2D eigenvalue weighted by molar-refractivity contribution is 0.0916. The molecular formula is C21H25N5O4. The SMILES string of the molecule is COCCC1(NC(=O)c2ccc(-n3[nH]cc(C4=CC=NC(OC)C4)c3=O)nc2)CC1. The van der Waals surface area contributed by atoms with Crippen LogP contribution in [0.4, 0.5) is 0 Å². The second kappa shape index (κ2) is 8.37. The van der Waals surface area contributed by atoms with Crippen LogP contribution in [-0.2, 0) is 9.47 Å². The number of nitrogens with one attached hydrogen (secondary N) is 2. The molecule has 1 unspecified atom stereocenters. The average Bonchev–Trinajstić information content (AvgIpc) is 3.43. The molecule has 2 aliphatic rings. The van der Waals surface area contributed by atoms with E-state index in [-0.39, 0.29) is 23.2 Å². The molecule has 0 saturated heterocycles. The van der Waals surface area contributed by atoms with Crippen LogP contribution < -0.4 is 10.9 Å². The molecule has 1 atom stereocenters. The van der Waals surface area contributed by atoms with Crippen LogP contribution in [0, 0.1) is 0 Å². The van der Waals surface area contributed by atoms with E-state index in [2.05, 4.69) is 20.4 Å². The first-order valence-corrected chi connectivity index (χ1v) is 9.89. The Morgan fingerprint density at radius 2 is 2.20 bits per heavy atom. The highest BCUT2D eigenvalue weighted by Crippen LogP contribution is 2.38. The summed E-state index contributed by atoms with van der Waals surface area (Å²) in [6, 6.07) is 3.32. The van der Waals surface area contributed by atoms with E-state index in [9.17, 15) is 9.59 Å². The van der Waals surface area contributed by atoms with Gasteiger partial charge in [0.15, 0.2) is 12.0 Å². The van der Waals surface area contributed by atoms with Crippen molar-refractivity contribution in [2.75, 3.05) is 20.8 Å². The van der Waals surface area contributed by atoms with Gasteiger partial charge in [0.2, 0.25) is 0 Å². The molecule has 9 nitrogen and oxygen atoms in total. The van der Waals surface area contributed by atoms with E-state index < -0.39 is 0 Å². The molecule has 1 fully saturated rings. The predicted molar refractivity (Wildman–Crippen MR) is 112 cm³/mol. The third-order valence-corrected chi connectivity index (χ3v) is 5.57. The quantitative estimate of drug-likeness (QED) is 0.687. The third-order valence-electron chi connectivity index (χ3n) is 5.57. The zero-order valence-corrected chi connectivity index (χ0v) is 17.1. The van der Waals surface area contributed by atoms with Gasteiger partial charge in [-0.2, -0.15) is 0 Å². The number of carbonyl (C=O) groups excluding carboxylic acids is 1. The van der Waals surface area contributed by atoms with Gasteiger partial charge >= 0.3 is 0 Å². The number of aromatic amines is 1. The van der Waals surface area contributed by atoms with Crippen molar-refractivity contribution in [3.63, 3.8) is 0 Å². The predicted octanol–water partition coefficient (Wildman–Crippen LogP) is 1.69. The summed E-state index contributed by atoms with van der Waals surface area (Å²) in [5, 5.41) is 6.02. The minimum Gasteiger partial charge on any atom is -0.385 e. The van der Waals surface area contributed by atoms with E-state index >= 15 is 0 Å². The number of aromatic nitrogens is 3. The molecule has 4 rings (SSSR count). The number of H-pyrrole nitrogens is 1. The summed E-state index contributed by atoms with van der Waals surface area (Å²) in [6.45, 7) is 0.614. The van der Waals surface area contributed by atoms with Gasteiger partial charge in [-0.25, -0.2) is 9.67 Å². The first-order valence-electron chi connectivity index (χ1n) is 9.89. The fourth-order valence-electron chi connectivity index (χ4n) is 3.50. The normalized spacial score (nSPS) is 19.4. The second-order valence-electron chi connectivity index (χ2n) is 7.59. The number of hydrogen-bond donors (Lipinski definition) is 2. The van der Waals surface area contributed by atoms with Crippen molar-refractivity contribution in [2.24, 2.45) is 4.99 Å². The molecule has 3 heterocycles. The van der Waals surface area contributed by atoms with Crippen LogP contribution >= 0.6 is 0 Å². The smallest absolute Gasteiger partial charge is 0.280 e. The number of dihydropyridines is 1. The van der Waals surface area contributed by atoms with Crippen LogP contribution in [-0.4, -0.2) is 59.5 Å². The Kier molecular flexibility index (Phi) is 5.65. The van der Waals surface area contributed by atoms with Crippen molar-refractivity contribution in [3.8, 4) is 5.82 Å². The molecule has 1 amide bonds. The van der Waals surface area contributed by atoms with Crippen LogP contribution in [0.2, 0.25) is 0 Å².